The molecule has 0 saturated heterocycles. The summed E-state index contributed by atoms with van der Waals surface area (Å²) in [4.78, 5) is 0. The van der Waals surface area contributed by atoms with Gasteiger partial charge in [-0.1, -0.05) is 511 Å². The Labute approximate surface area is 842 Å². The van der Waals surface area contributed by atoms with Crippen LogP contribution in [0.2, 0.25) is 0 Å². The van der Waals surface area contributed by atoms with Crippen molar-refractivity contribution in [2.24, 2.45) is 0 Å². The predicted molar refractivity (Wildman–Crippen MR) is 627 cm³/mol. The van der Waals surface area contributed by atoms with Crippen molar-refractivity contribution in [2.75, 3.05) is 0 Å². The van der Waals surface area contributed by atoms with Gasteiger partial charge in [-0.2, -0.15) is 0 Å². The minimum Gasteiger partial charge on any atom is -0.0622 e. The number of rotatable bonds is 9. The van der Waals surface area contributed by atoms with E-state index in [2.05, 4.69) is 554 Å². The molecule has 27 aromatic carbocycles. The lowest BCUT2D eigenvalue weighted by Crippen LogP contribution is -2.13. The van der Waals surface area contributed by atoms with Crippen LogP contribution in [0.25, 0.3) is 262 Å². The molecule has 0 heterocycles. The van der Waals surface area contributed by atoms with E-state index in [1.54, 1.807) is 0 Å². The normalized spacial score (nSPS) is 12.1. The van der Waals surface area contributed by atoms with Crippen LogP contribution in [0.4, 0.5) is 0 Å². The molecule has 0 aromatic heterocycles. The van der Waals surface area contributed by atoms with Crippen LogP contribution in [-0.4, -0.2) is 0 Å². The maximum atomic E-state index is 2.47. The fraction of sp³-hybridized carbons (Fsp3) is 0.0833. The second-order valence-electron chi connectivity index (χ2n) is 42.3. The van der Waals surface area contributed by atoms with Gasteiger partial charge in [-0.3, -0.25) is 0 Å². The van der Waals surface area contributed by atoms with Crippen LogP contribution < -0.4 is 0 Å². The summed E-state index contributed by atoms with van der Waals surface area (Å²) in [7, 11) is 0. The van der Waals surface area contributed by atoms with Gasteiger partial charge < -0.3 is 0 Å². The number of hydrogen-bond acceptors (Lipinski definition) is 0. The molecule has 0 aliphatic rings. The molecule has 0 bridgehead atoms. The highest BCUT2D eigenvalue weighted by Gasteiger charge is 2.30. The number of benzene rings is 27. The highest BCUT2D eigenvalue weighted by molar-refractivity contribution is 6.24. The van der Waals surface area contributed by atoms with Gasteiger partial charge in [-0.25, -0.2) is 0 Å². The number of hydrogen-bond donors (Lipinski definition) is 0. The summed E-state index contributed by atoms with van der Waals surface area (Å²) < 4.78 is 0. The molecular formula is C144H108. The summed E-state index contributed by atoms with van der Waals surface area (Å²) in [6, 6.07) is 182. The van der Waals surface area contributed by atoms with Gasteiger partial charge in [0.1, 0.15) is 0 Å². The number of fused-ring (bicyclic) bond motifs is 16. The Morgan fingerprint density at radius 3 is 0.701 bits per heavy atom. The third kappa shape index (κ3) is 15.5. The summed E-state index contributed by atoms with van der Waals surface area (Å²) in [6.07, 6.45) is 0. The van der Waals surface area contributed by atoms with Crippen molar-refractivity contribution in [1.29, 1.82) is 0 Å². The van der Waals surface area contributed by atoms with Crippen molar-refractivity contribution in [3.05, 3.63) is 508 Å². The van der Waals surface area contributed by atoms with Crippen molar-refractivity contribution in [1.82, 2.24) is 0 Å². The van der Waals surface area contributed by atoms with Gasteiger partial charge in [0.15, 0.2) is 0 Å². The van der Waals surface area contributed by atoms with Gasteiger partial charge in [0.05, 0.1) is 0 Å². The van der Waals surface area contributed by atoms with Crippen molar-refractivity contribution in [2.45, 2.75) is 78.6 Å². The van der Waals surface area contributed by atoms with E-state index in [1.165, 1.54) is 278 Å². The van der Waals surface area contributed by atoms with Crippen molar-refractivity contribution < 1.29 is 0 Å². The van der Waals surface area contributed by atoms with Crippen LogP contribution in [-0.2, 0) is 16.2 Å². The first-order chi connectivity index (χ1) is 70.4. The Bertz CT molecular complexity index is 9880. The molecule has 144 heavy (non-hydrogen) atoms. The van der Waals surface area contributed by atoms with Gasteiger partial charge in [0.25, 0.3) is 0 Å². The van der Waals surface area contributed by atoms with Crippen LogP contribution in [0, 0.1) is 0 Å². The highest BCUT2D eigenvalue weighted by atomic mass is 14.3. The Kier molecular flexibility index (Phi) is 21.8. The molecule has 0 amide bonds. The Balaban J connectivity index is 0.000000113. The molecule has 0 saturated carbocycles. The van der Waals surface area contributed by atoms with Crippen molar-refractivity contribution in [3.8, 4) is 100 Å². The summed E-state index contributed by atoms with van der Waals surface area (Å²) in [5.74, 6) is 0. The molecule has 0 heteroatoms. The molecule has 0 unspecified atom stereocenters. The zero-order chi connectivity index (χ0) is 97.2. The van der Waals surface area contributed by atoms with Gasteiger partial charge in [-0.15, -0.1) is 0 Å². The van der Waals surface area contributed by atoms with Gasteiger partial charge in [0.2, 0.25) is 0 Å². The van der Waals surface area contributed by atoms with E-state index in [4.69, 9.17) is 0 Å². The topological polar surface area (TPSA) is 0 Å². The standard InChI is InChI=1S/C52H38.C48H36.C44H34/c1-52(2,3)51-47-23-13-12-22-45(47)50(37-25-24-33-14-4-5-15-34(33)30-37)46-27-26-36(32-49(46)51)39-28-29-44(42-20-10-8-19-41(39)42)48-31-35-16-6-7-17-38(35)40-18-9-11-21-43(40)48;1-48(2,3)47-44-21-11-10-20-42(44)46(35-24-23-31-13-4-5-15-33(31)29-35)43-26-25-34(30-45(43)47)37-27-28-41(40-19-9-8-18-38(37)40)39-22-12-16-32-14-6-7-17-36(32)39;1-44(2,3)43-40-20-12-11-19-38(40)42(33-22-21-29-13-7-8-16-31(29)27-33)39-24-23-32(28-41(39)43)35-26-25-34(30-14-5-4-6-15-30)36-17-9-10-18-37(35)36/h4-32H,1-3H3;4-30H,1-3H3;4-28H,1-3H3. The zero-order valence-electron chi connectivity index (χ0n) is 82.8. The molecule has 0 aliphatic carbocycles. The second kappa shape index (κ2) is 35.6. The highest BCUT2D eigenvalue weighted by Crippen LogP contribution is 2.53. The maximum Gasteiger partial charge on any atom is -0.00264 e. The average Bonchev–Trinajstić information content (AvgIpc) is 0.728. The molecule has 0 nitrogen and oxygen atoms in total. The third-order valence-corrected chi connectivity index (χ3v) is 30.4. The molecular weight excluding hydrogens is 1730 g/mol. The molecule has 27 rings (SSSR count). The van der Waals surface area contributed by atoms with E-state index in [-0.39, 0.29) is 16.2 Å². The minimum absolute atomic E-state index is 0.0440. The zero-order valence-corrected chi connectivity index (χ0v) is 82.8. The van der Waals surface area contributed by atoms with Crippen molar-refractivity contribution >= 4 is 162 Å². The molecule has 0 N–H and O–H groups in total. The Morgan fingerprint density at radius 1 is 0.104 bits per heavy atom. The summed E-state index contributed by atoms with van der Waals surface area (Å²) in [5.41, 5.74) is 26.8. The third-order valence-electron chi connectivity index (χ3n) is 30.4. The maximum absolute atomic E-state index is 2.47. The molecule has 0 spiro atoms. The second-order valence-corrected chi connectivity index (χ2v) is 42.3. The fourth-order valence-electron chi connectivity index (χ4n) is 24.2. The van der Waals surface area contributed by atoms with Crippen LogP contribution in [0.3, 0.4) is 0 Å². The average molecular weight is 1840 g/mol. The van der Waals surface area contributed by atoms with E-state index in [1.807, 2.05) is 0 Å². The molecule has 27 aromatic rings. The van der Waals surface area contributed by atoms with E-state index in [0.29, 0.717) is 0 Å². The van der Waals surface area contributed by atoms with Crippen LogP contribution >= 0.6 is 0 Å². The largest absolute Gasteiger partial charge is 0.0622 e. The lowest BCUT2D eigenvalue weighted by Gasteiger charge is -2.27. The van der Waals surface area contributed by atoms with Gasteiger partial charge >= 0.3 is 0 Å². The van der Waals surface area contributed by atoms with E-state index >= 15 is 0 Å². The smallest absolute Gasteiger partial charge is 0.00264 e. The monoisotopic (exact) mass is 1840 g/mol. The van der Waals surface area contributed by atoms with Crippen LogP contribution in [0.5, 0.6) is 0 Å². The van der Waals surface area contributed by atoms with Gasteiger partial charge in [0, 0.05) is 0 Å². The molecule has 0 aliphatic heterocycles. The lowest BCUT2D eigenvalue weighted by atomic mass is 9.77. The SMILES string of the molecule is CC(C)(C)c1c2ccccc2c(-c2ccc3ccccc3c2)c2ccc(-c3ccc(-c4cc5ccccc5c5ccccc45)c4ccccc34)cc12.CC(C)(C)c1c2ccccc2c(-c2ccc3ccccc3c2)c2ccc(-c3ccc(-c4cccc5ccccc45)c4ccccc34)cc12.CC(C)(C)c1c2ccccc2c(-c2ccc3ccccc3c2)c2ccc(-c3ccc(-c4ccccc4)c4ccccc34)cc12. The summed E-state index contributed by atoms with van der Waals surface area (Å²) >= 11 is 0. The Morgan fingerprint density at radius 2 is 0.340 bits per heavy atom. The molecule has 0 radical (unpaired) electrons. The van der Waals surface area contributed by atoms with E-state index in [9.17, 15) is 0 Å². The summed E-state index contributed by atoms with van der Waals surface area (Å²) in [5, 5.41) is 38.7. The first-order valence-corrected chi connectivity index (χ1v) is 50.8. The van der Waals surface area contributed by atoms with Crippen molar-refractivity contribution in [3.63, 3.8) is 0 Å². The van der Waals surface area contributed by atoms with Crippen LogP contribution in [0.1, 0.15) is 79.0 Å². The van der Waals surface area contributed by atoms with E-state index in [0.717, 1.165) is 0 Å². The first-order valence-electron chi connectivity index (χ1n) is 50.8. The molecule has 684 valence electrons. The molecule has 0 atom stereocenters. The molecule has 0 fully saturated rings. The van der Waals surface area contributed by atoms with Crippen LogP contribution in [0.15, 0.2) is 491 Å². The quantitative estimate of drug-likeness (QED) is 0.0998. The fourth-order valence-corrected chi connectivity index (χ4v) is 24.2. The Hall–Kier alpha value is -17.2. The minimum atomic E-state index is -0.0680. The summed E-state index contributed by atoms with van der Waals surface area (Å²) in [6.45, 7) is 21.2. The first kappa shape index (κ1) is 88.3. The van der Waals surface area contributed by atoms with Gasteiger partial charge in [-0.05, 0) is 337 Å². The predicted octanol–water partition coefficient (Wildman–Crippen LogP) is 41.3. The van der Waals surface area contributed by atoms with E-state index < -0.39 is 0 Å². The lowest BCUT2D eigenvalue weighted by molar-refractivity contribution is 0.601.